The molecule has 0 saturated carbocycles. The summed E-state index contributed by atoms with van der Waals surface area (Å²) in [4.78, 5) is 0. The first-order valence-corrected chi connectivity index (χ1v) is 21.9. The average Bonchev–Trinajstić information content (AvgIpc) is 3.88. The standard InChI is InChI=1S/C60H37N3O/c1-2-16-38(17-3-1)61-57-28-14-15-29-59(57)64-60-37-52-42-19-5-4-18-41(42)49-34-39(62-53-24-10-6-20-45(53)46-21-7-11-25-54(46)62)30-32-43(49)44-33-31-40(35-50(44)51(52)36-58(60)61)63-55-26-12-8-22-47(55)48-23-9-13-27-56(48)63/h1-37H. The zero-order chi connectivity index (χ0) is 41.9. The lowest BCUT2D eigenvalue weighted by molar-refractivity contribution is 0.654. The van der Waals surface area contributed by atoms with Crippen molar-refractivity contribution >= 4 is 109 Å². The monoisotopic (exact) mass is 815 g/mol. The van der Waals surface area contributed by atoms with E-state index >= 15 is 0 Å². The third-order valence-corrected chi connectivity index (χ3v) is 13.5. The molecule has 0 radical (unpaired) electrons. The van der Waals surface area contributed by atoms with Gasteiger partial charge in [-0.15, -0.1) is 0 Å². The first-order valence-electron chi connectivity index (χ1n) is 21.9. The van der Waals surface area contributed by atoms with Gasteiger partial charge in [0.05, 0.1) is 33.1 Å². The maximum atomic E-state index is 6.92. The first-order chi connectivity index (χ1) is 31.8. The number of nitrogens with zero attached hydrogens (tertiary/aromatic N) is 3. The van der Waals surface area contributed by atoms with Gasteiger partial charge in [-0.3, -0.25) is 0 Å². The summed E-state index contributed by atoms with van der Waals surface area (Å²) in [6.45, 7) is 0. The molecule has 11 aromatic carbocycles. The SMILES string of the molecule is c1ccc(-n2c3ccccc3oc3cc4c5ccccc5c5cc(-n6c7ccccc7c7ccccc76)ccc5c5ccc(-n6c7ccccc7c7ccccc76)cc5c4cc32)cc1. The number of benzene rings is 10. The van der Waals surface area contributed by atoms with Gasteiger partial charge in [0.15, 0.2) is 11.2 Å². The Morgan fingerprint density at radius 2 is 0.562 bits per heavy atom. The number of hydrogen-bond acceptors (Lipinski definition) is 1. The number of aromatic nitrogens is 3. The highest BCUT2D eigenvalue weighted by Gasteiger charge is 2.19. The Morgan fingerprint density at radius 1 is 0.203 bits per heavy atom. The van der Waals surface area contributed by atoms with Gasteiger partial charge >= 0.3 is 0 Å². The molecule has 0 saturated heterocycles. The van der Waals surface area contributed by atoms with E-state index in [9.17, 15) is 0 Å². The smallest absolute Gasteiger partial charge is 0.152 e. The van der Waals surface area contributed by atoms with Gasteiger partial charge in [0.25, 0.3) is 0 Å². The van der Waals surface area contributed by atoms with Crippen molar-refractivity contribution in [2.24, 2.45) is 0 Å². The summed E-state index contributed by atoms with van der Waals surface area (Å²) in [5.41, 5.74) is 11.7. The molecule has 64 heavy (non-hydrogen) atoms. The van der Waals surface area contributed by atoms with Crippen LogP contribution in [0.4, 0.5) is 0 Å². The lowest BCUT2D eigenvalue weighted by Gasteiger charge is -2.18. The molecule has 14 rings (SSSR count). The van der Waals surface area contributed by atoms with Gasteiger partial charge in [-0.1, -0.05) is 140 Å². The summed E-state index contributed by atoms with van der Waals surface area (Å²) in [6, 6.07) is 81.7. The molecule has 0 amide bonds. The molecule has 0 N–H and O–H groups in total. The quantitative estimate of drug-likeness (QED) is 0.163. The van der Waals surface area contributed by atoms with Gasteiger partial charge in [0, 0.05) is 38.6 Å². The molecule has 0 unspecified atom stereocenters. The molecule has 298 valence electrons. The van der Waals surface area contributed by atoms with E-state index in [0.717, 1.165) is 60.8 Å². The lowest BCUT2D eigenvalue weighted by atomic mass is 9.93. The lowest BCUT2D eigenvalue weighted by Crippen LogP contribution is -2.00. The summed E-state index contributed by atoms with van der Waals surface area (Å²) in [7, 11) is 0. The maximum absolute atomic E-state index is 6.92. The van der Waals surface area contributed by atoms with E-state index in [2.05, 4.69) is 232 Å². The van der Waals surface area contributed by atoms with E-state index in [4.69, 9.17) is 4.42 Å². The predicted molar refractivity (Wildman–Crippen MR) is 269 cm³/mol. The minimum atomic E-state index is 0.816. The van der Waals surface area contributed by atoms with Gasteiger partial charge in [0.2, 0.25) is 0 Å². The van der Waals surface area contributed by atoms with Crippen LogP contribution in [0.1, 0.15) is 0 Å². The summed E-state index contributed by atoms with van der Waals surface area (Å²) >= 11 is 0. The average molecular weight is 816 g/mol. The highest BCUT2D eigenvalue weighted by molar-refractivity contribution is 6.28. The normalized spacial score (nSPS) is 12.1. The first kappa shape index (κ1) is 35.0. The third-order valence-electron chi connectivity index (χ3n) is 13.5. The summed E-state index contributed by atoms with van der Waals surface area (Å²) < 4.78 is 14.1. The molecule has 0 bridgehead atoms. The van der Waals surface area contributed by atoms with Gasteiger partial charge in [-0.05, 0) is 128 Å². The number of hydrogen-bond donors (Lipinski definition) is 0. The van der Waals surface area contributed by atoms with E-state index < -0.39 is 0 Å². The Labute approximate surface area is 367 Å². The minimum absolute atomic E-state index is 0.816. The fourth-order valence-electron chi connectivity index (χ4n) is 10.7. The zero-order valence-corrected chi connectivity index (χ0v) is 34.6. The molecule has 0 spiro atoms. The molecular formula is C60H37N3O. The number of rotatable bonds is 3. The van der Waals surface area contributed by atoms with E-state index in [1.165, 1.54) is 65.2 Å². The second-order valence-electron chi connectivity index (χ2n) is 16.9. The van der Waals surface area contributed by atoms with E-state index in [1.807, 2.05) is 6.07 Å². The number of para-hydroxylation sites is 7. The predicted octanol–water partition coefficient (Wildman–Crippen LogP) is 16.3. The van der Waals surface area contributed by atoms with E-state index in [-0.39, 0.29) is 0 Å². The van der Waals surface area contributed by atoms with Crippen LogP contribution in [0.5, 0.6) is 0 Å². The van der Waals surface area contributed by atoms with Gasteiger partial charge < -0.3 is 18.1 Å². The van der Waals surface area contributed by atoms with Crippen LogP contribution in [-0.4, -0.2) is 13.7 Å². The Kier molecular flexibility index (Phi) is 7.36. The molecule has 4 heteroatoms. The van der Waals surface area contributed by atoms with Crippen molar-refractivity contribution in [3.05, 3.63) is 224 Å². The summed E-state index contributed by atoms with van der Waals surface area (Å²) in [5.74, 6) is 0. The third kappa shape index (κ3) is 4.99. The Bertz CT molecular complexity index is 4210. The molecule has 0 atom stereocenters. The van der Waals surface area contributed by atoms with Gasteiger partial charge in [0.1, 0.15) is 0 Å². The van der Waals surface area contributed by atoms with Crippen molar-refractivity contribution in [1.82, 2.24) is 13.7 Å². The highest BCUT2D eigenvalue weighted by Crippen LogP contribution is 2.42. The van der Waals surface area contributed by atoms with Crippen molar-refractivity contribution in [2.75, 3.05) is 0 Å². The Morgan fingerprint density at radius 3 is 1.08 bits per heavy atom. The van der Waals surface area contributed by atoms with Crippen LogP contribution >= 0.6 is 0 Å². The van der Waals surface area contributed by atoms with Gasteiger partial charge in [-0.25, -0.2) is 0 Å². The fourth-order valence-corrected chi connectivity index (χ4v) is 10.7. The van der Waals surface area contributed by atoms with Crippen molar-refractivity contribution in [3.8, 4) is 17.1 Å². The molecule has 0 aliphatic carbocycles. The second-order valence-corrected chi connectivity index (χ2v) is 16.9. The van der Waals surface area contributed by atoms with Crippen molar-refractivity contribution in [3.63, 3.8) is 0 Å². The van der Waals surface area contributed by atoms with E-state index in [0.29, 0.717) is 0 Å². The molecule has 4 nitrogen and oxygen atoms in total. The molecule has 14 aromatic rings. The van der Waals surface area contributed by atoms with Crippen LogP contribution in [0.3, 0.4) is 0 Å². The van der Waals surface area contributed by atoms with Gasteiger partial charge in [-0.2, -0.15) is 0 Å². The topological polar surface area (TPSA) is 27.9 Å². The number of fused-ring (bicyclic) bond motifs is 16. The van der Waals surface area contributed by atoms with Crippen LogP contribution < -0.4 is 0 Å². The van der Waals surface area contributed by atoms with Crippen LogP contribution in [0.25, 0.3) is 126 Å². The maximum Gasteiger partial charge on any atom is 0.152 e. The van der Waals surface area contributed by atoms with Crippen LogP contribution in [0.15, 0.2) is 229 Å². The molecule has 0 aliphatic rings. The molecule has 3 aromatic heterocycles. The molecule has 0 fully saturated rings. The Balaban J connectivity index is 1.19. The molecular weight excluding hydrogens is 779 g/mol. The Hall–Kier alpha value is -8.60. The van der Waals surface area contributed by atoms with Crippen molar-refractivity contribution in [2.45, 2.75) is 0 Å². The van der Waals surface area contributed by atoms with E-state index in [1.54, 1.807) is 0 Å². The zero-order valence-electron chi connectivity index (χ0n) is 34.6. The minimum Gasteiger partial charge on any atom is -0.453 e. The van der Waals surface area contributed by atoms with Crippen LogP contribution in [-0.2, 0) is 0 Å². The largest absolute Gasteiger partial charge is 0.453 e. The van der Waals surface area contributed by atoms with Crippen molar-refractivity contribution in [1.29, 1.82) is 0 Å². The van der Waals surface area contributed by atoms with Crippen LogP contribution in [0, 0.1) is 0 Å². The fraction of sp³-hybridized carbons (Fsp3) is 0. The highest BCUT2D eigenvalue weighted by atomic mass is 16.3. The summed E-state index contributed by atoms with van der Waals surface area (Å²) in [5, 5.41) is 14.3. The summed E-state index contributed by atoms with van der Waals surface area (Å²) in [6.07, 6.45) is 0. The van der Waals surface area contributed by atoms with Crippen LogP contribution in [0.2, 0.25) is 0 Å². The second kappa shape index (κ2) is 13.4. The van der Waals surface area contributed by atoms with Crippen molar-refractivity contribution < 1.29 is 4.42 Å². The molecule has 0 aliphatic heterocycles. The molecule has 3 heterocycles.